The summed E-state index contributed by atoms with van der Waals surface area (Å²) < 4.78 is 4.96. The van der Waals surface area contributed by atoms with Crippen LogP contribution in [0.15, 0.2) is 30.3 Å². The van der Waals surface area contributed by atoms with Crippen molar-refractivity contribution in [2.45, 2.75) is 0 Å². The highest BCUT2D eigenvalue weighted by molar-refractivity contribution is 6.34. The summed E-state index contributed by atoms with van der Waals surface area (Å²) in [7, 11) is 1.67. The van der Waals surface area contributed by atoms with Crippen LogP contribution in [0.25, 0.3) is 10.8 Å². The van der Waals surface area contributed by atoms with Gasteiger partial charge in [-0.05, 0) is 11.5 Å². The molecule has 0 aliphatic carbocycles. The van der Waals surface area contributed by atoms with Crippen LogP contribution in [0.5, 0.6) is 0 Å². The zero-order valence-corrected chi connectivity index (χ0v) is 9.79. The van der Waals surface area contributed by atoms with Crippen molar-refractivity contribution >= 4 is 28.2 Å². The molecule has 0 aliphatic heterocycles. The fourth-order valence-corrected chi connectivity index (χ4v) is 1.79. The largest absolute Gasteiger partial charge is 0.383 e. The molecule has 2 aromatic rings. The third-order valence-corrected chi connectivity index (χ3v) is 2.59. The molecule has 1 aromatic carbocycles. The number of nitrogens with one attached hydrogen (secondary N) is 1. The van der Waals surface area contributed by atoms with E-state index in [1.54, 1.807) is 7.11 Å². The van der Waals surface area contributed by atoms with Gasteiger partial charge in [-0.15, -0.1) is 0 Å². The quantitative estimate of drug-likeness (QED) is 0.655. The van der Waals surface area contributed by atoms with Crippen LogP contribution in [0.4, 0.5) is 5.82 Å². The van der Waals surface area contributed by atoms with Crippen molar-refractivity contribution in [3.63, 3.8) is 0 Å². The Hall–Kier alpha value is -1.32. The van der Waals surface area contributed by atoms with E-state index in [1.807, 2.05) is 30.3 Å². The molecule has 1 aromatic heterocycles. The first kappa shape index (κ1) is 11.2. The first-order valence-corrected chi connectivity index (χ1v) is 5.47. The van der Waals surface area contributed by atoms with Gasteiger partial charge < -0.3 is 10.1 Å². The lowest BCUT2D eigenvalue weighted by atomic mass is 10.2. The van der Waals surface area contributed by atoms with Gasteiger partial charge in [-0.2, -0.15) is 0 Å². The van der Waals surface area contributed by atoms with Crippen LogP contribution in [0.1, 0.15) is 0 Å². The van der Waals surface area contributed by atoms with Crippen LogP contribution in [-0.4, -0.2) is 25.2 Å². The van der Waals surface area contributed by atoms with E-state index in [0.717, 1.165) is 23.1 Å². The van der Waals surface area contributed by atoms with E-state index >= 15 is 0 Å². The number of fused-ring (bicyclic) bond motifs is 1. The zero-order chi connectivity index (χ0) is 11.4. The molecule has 0 unspecified atom stereocenters. The van der Waals surface area contributed by atoms with E-state index in [-0.39, 0.29) is 0 Å². The monoisotopic (exact) mass is 236 g/mol. The smallest absolute Gasteiger partial charge is 0.139 e. The molecule has 0 amide bonds. The lowest BCUT2D eigenvalue weighted by Gasteiger charge is -2.07. The van der Waals surface area contributed by atoms with Gasteiger partial charge in [-0.3, -0.25) is 0 Å². The summed E-state index contributed by atoms with van der Waals surface area (Å²) >= 11 is 6.09. The van der Waals surface area contributed by atoms with E-state index in [2.05, 4.69) is 10.3 Å². The summed E-state index contributed by atoms with van der Waals surface area (Å²) in [6, 6.07) is 9.90. The number of ether oxygens (including phenoxy) is 1. The minimum absolute atomic E-state index is 0.526. The zero-order valence-electron chi connectivity index (χ0n) is 9.03. The molecule has 4 heteroatoms. The molecule has 0 spiro atoms. The summed E-state index contributed by atoms with van der Waals surface area (Å²) in [5.41, 5.74) is 0. The van der Waals surface area contributed by atoms with E-state index in [4.69, 9.17) is 16.3 Å². The number of halogens is 1. The standard InChI is InChI=1S/C12H13ClN2O/c1-16-7-6-14-11-8-9-4-2-3-5-10(9)12(13)15-11/h2-5,8H,6-7H2,1H3,(H,14,15). The fourth-order valence-electron chi connectivity index (χ4n) is 1.53. The number of anilines is 1. The van der Waals surface area contributed by atoms with E-state index in [0.29, 0.717) is 11.8 Å². The Morgan fingerprint density at radius 1 is 1.38 bits per heavy atom. The lowest BCUT2D eigenvalue weighted by molar-refractivity contribution is 0.210. The molecule has 2 rings (SSSR count). The third-order valence-electron chi connectivity index (χ3n) is 2.31. The van der Waals surface area contributed by atoms with E-state index < -0.39 is 0 Å². The number of aromatic nitrogens is 1. The third kappa shape index (κ3) is 2.43. The minimum atomic E-state index is 0.526. The van der Waals surface area contributed by atoms with Gasteiger partial charge in [0.2, 0.25) is 0 Å². The van der Waals surface area contributed by atoms with Crippen molar-refractivity contribution in [1.82, 2.24) is 4.98 Å². The van der Waals surface area contributed by atoms with Crippen LogP contribution in [0.3, 0.4) is 0 Å². The molecular formula is C12H13ClN2O. The Morgan fingerprint density at radius 2 is 2.19 bits per heavy atom. The van der Waals surface area contributed by atoms with Gasteiger partial charge in [0.15, 0.2) is 0 Å². The molecule has 0 aliphatic rings. The van der Waals surface area contributed by atoms with Gasteiger partial charge in [0.25, 0.3) is 0 Å². The lowest BCUT2D eigenvalue weighted by Crippen LogP contribution is -2.08. The molecule has 1 N–H and O–H groups in total. The highest BCUT2D eigenvalue weighted by atomic mass is 35.5. The molecule has 1 heterocycles. The molecule has 16 heavy (non-hydrogen) atoms. The van der Waals surface area contributed by atoms with Crippen LogP contribution in [0.2, 0.25) is 5.15 Å². The molecule has 0 radical (unpaired) electrons. The predicted molar refractivity (Wildman–Crippen MR) is 67.1 cm³/mol. The molecule has 0 atom stereocenters. The predicted octanol–water partition coefficient (Wildman–Crippen LogP) is 2.95. The topological polar surface area (TPSA) is 34.1 Å². The Kier molecular flexibility index (Phi) is 3.59. The number of nitrogens with zero attached hydrogens (tertiary/aromatic N) is 1. The van der Waals surface area contributed by atoms with Crippen molar-refractivity contribution in [3.8, 4) is 0 Å². The Morgan fingerprint density at radius 3 is 3.00 bits per heavy atom. The number of rotatable bonds is 4. The Labute approximate surface area is 99.4 Å². The summed E-state index contributed by atoms with van der Waals surface area (Å²) in [6.07, 6.45) is 0. The molecule has 0 bridgehead atoms. The summed E-state index contributed by atoms with van der Waals surface area (Å²) in [4.78, 5) is 4.27. The maximum absolute atomic E-state index is 6.09. The average molecular weight is 237 g/mol. The van der Waals surface area contributed by atoms with Crippen molar-refractivity contribution in [1.29, 1.82) is 0 Å². The van der Waals surface area contributed by atoms with Gasteiger partial charge in [-0.1, -0.05) is 35.9 Å². The first-order chi connectivity index (χ1) is 7.81. The van der Waals surface area contributed by atoms with Crippen LogP contribution in [0, 0.1) is 0 Å². The van der Waals surface area contributed by atoms with Gasteiger partial charge >= 0.3 is 0 Å². The van der Waals surface area contributed by atoms with Crippen molar-refractivity contribution in [3.05, 3.63) is 35.5 Å². The second-order valence-corrected chi connectivity index (χ2v) is 3.80. The number of hydrogen-bond donors (Lipinski definition) is 1. The van der Waals surface area contributed by atoms with E-state index in [9.17, 15) is 0 Å². The minimum Gasteiger partial charge on any atom is -0.383 e. The number of methoxy groups -OCH3 is 1. The maximum Gasteiger partial charge on any atom is 0.139 e. The Bertz CT molecular complexity index is 487. The highest BCUT2D eigenvalue weighted by Gasteiger charge is 2.02. The Balaban J connectivity index is 2.27. The molecule has 3 nitrogen and oxygen atoms in total. The van der Waals surface area contributed by atoms with Crippen LogP contribution >= 0.6 is 11.6 Å². The molecule has 84 valence electrons. The fraction of sp³-hybridized carbons (Fsp3) is 0.250. The molecule has 0 fully saturated rings. The van der Waals surface area contributed by atoms with Gasteiger partial charge in [0.1, 0.15) is 11.0 Å². The van der Waals surface area contributed by atoms with Crippen molar-refractivity contribution in [2.75, 3.05) is 25.6 Å². The average Bonchev–Trinajstić information content (AvgIpc) is 2.30. The second-order valence-electron chi connectivity index (χ2n) is 3.44. The van der Waals surface area contributed by atoms with E-state index in [1.165, 1.54) is 0 Å². The van der Waals surface area contributed by atoms with Gasteiger partial charge in [0, 0.05) is 19.0 Å². The van der Waals surface area contributed by atoms with Crippen molar-refractivity contribution in [2.24, 2.45) is 0 Å². The van der Waals surface area contributed by atoms with Crippen LogP contribution in [-0.2, 0) is 4.74 Å². The maximum atomic E-state index is 6.09. The second kappa shape index (κ2) is 5.14. The molecule has 0 saturated heterocycles. The molecular weight excluding hydrogens is 224 g/mol. The van der Waals surface area contributed by atoms with Crippen LogP contribution < -0.4 is 5.32 Å². The van der Waals surface area contributed by atoms with Crippen molar-refractivity contribution < 1.29 is 4.74 Å². The van der Waals surface area contributed by atoms with Gasteiger partial charge in [0.05, 0.1) is 6.61 Å². The molecule has 0 saturated carbocycles. The SMILES string of the molecule is COCCNc1cc2ccccc2c(Cl)n1. The number of hydrogen-bond acceptors (Lipinski definition) is 3. The summed E-state index contributed by atoms with van der Waals surface area (Å²) in [5, 5.41) is 5.74. The normalized spacial score (nSPS) is 10.6. The number of benzene rings is 1. The summed E-state index contributed by atoms with van der Waals surface area (Å²) in [6.45, 7) is 1.37. The first-order valence-electron chi connectivity index (χ1n) is 5.09. The van der Waals surface area contributed by atoms with Gasteiger partial charge in [-0.25, -0.2) is 4.98 Å². The summed E-state index contributed by atoms with van der Waals surface area (Å²) in [5.74, 6) is 0.778. The highest BCUT2D eigenvalue weighted by Crippen LogP contribution is 2.24. The number of pyridine rings is 1.